The summed E-state index contributed by atoms with van der Waals surface area (Å²) in [4.78, 5) is 13.8. The van der Waals surface area contributed by atoms with Crippen LogP contribution in [-0.2, 0) is 0 Å². The van der Waals surface area contributed by atoms with Crippen LogP contribution in [0.25, 0.3) is 0 Å². The van der Waals surface area contributed by atoms with Crippen molar-refractivity contribution in [2.24, 2.45) is 0 Å². The van der Waals surface area contributed by atoms with Crippen molar-refractivity contribution in [1.82, 2.24) is 4.90 Å². The van der Waals surface area contributed by atoms with Crippen LogP contribution in [0.2, 0.25) is 0 Å². The lowest BCUT2D eigenvalue weighted by atomic mass is 10.1. The second kappa shape index (κ2) is 6.97. The van der Waals surface area contributed by atoms with Gasteiger partial charge in [-0.15, -0.1) is 0 Å². The number of aliphatic hydroxyl groups excluding tert-OH is 1. The highest BCUT2D eigenvalue weighted by atomic mass is 16.2. The van der Waals surface area contributed by atoms with Gasteiger partial charge in [-0.2, -0.15) is 0 Å². The molecule has 1 saturated heterocycles. The van der Waals surface area contributed by atoms with Gasteiger partial charge in [-0.1, -0.05) is 17.9 Å². The molecule has 0 radical (unpaired) electrons. The van der Waals surface area contributed by atoms with E-state index < -0.39 is 0 Å². The smallest absolute Gasteiger partial charge is 0.321 e. The topological polar surface area (TPSA) is 52.6 Å². The molecule has 2 rings (SSSR count). The van der Waals surface area contributed by atoms with Crippen LogP contribution in [0.5, 0.6) is 0 Å². The molecule has 0 unspecified atom stereocenters. The maximum absolute atomic E-state index is 12.0. The minimum absolute atomic E-state index is 0.0411. The molecule has 20 heavy (non-hydrogen) atoms. The first-order valence-corrected chi connectivity index (χ1v) is 6.97. The Morgan fingerprint density at radius 1 is 1.40 bits per heavy atom. The highest BCUT2D eigenvalue weighted by molar-refractivity contribution is 5.89. The Kier molecular flexibility index (Phi) is 5.03. The van der Waals surface area contributed by atoms with Gasteiger partial charge in [0.1, 0.15) is 0 Å². The van der Waals surface area contributed by atoms with Crippen molar-refractivity contribution in [3.8, 4) is 11.8 Å². The number of aliphatic hydroxyl groups is 1. The molecule has 106 valence electrons. The van der Waals surface area contributed by atoms with Crippen molar-refractivity contribution in [1.29, 1.82) is 0 Å². The van der Waals surface area contributed by atoms with Crippen molar-refractivity contribution < 1.29 is 9.90 Å². The molecule has 0 atom stereocenters. The summed E-state index contributed by atoms with van der Waals surface area (Å²) in [7, 11) is 0. The van der Waals surface area contributed by atoms with Crippen molar-refractivity contribution in [2.45, 2.75) is 26.2 Å². The fraction of sp³-hybridized carbons (Fsp3) is 0.438. The van der Waals surface area contributed by atoms with E-state index in [4.69, 9.17) is 5.11 Å². The number of aryl methyl sites for hydroxylation is 1. The molecule has 1 aromatic carbocycles. The molecule has 1 fully saturated rings. The molecule has 1 aliphatic rings. The molecule has 0 spiro atoms. The number of urea groups is 1. The molecule has 1 aliphatic heterocycles. The lowest BCUT2D eigenvalue weighted by Gasteiger charge is -2.16. The van der Waals surface area contributed by atoms with Crippen LogP contribution in [-0.4, -0.2) is 35.7 Å². The third-order valence-electron chi connectivity index (χ3n) is 3.34. The van der Waals surface area contributed by atoms with Crippen molar-refractivity contribution >= 4 is 11.7 Å². The van der Waals surface area contributed by atoms with E-state index in [2.05, 4.69) is 17.2 Å². The van der Waals surface area contributed by atoms with Gasteiger partial charge < -0.3 is 15.3 Å². The van der Waals surface area contributed by atoms with Crippen molar-refractivity contribution in [2.75, 3.05) is 25.0 Å². The average Bonchev–Trinajstić information content (AvgIpc) is 2.96. The van der Waals surface area contributed by atoms with E-state index in [0.717, 1.165) is 42.7 Å². The van der Waals surface area contributed by atoms with Crippen LogP contribution in [0.1, 0.15) is 30.4 Å². The summed E-state index contributed by atoms with van der Waals surface area (Å²) in [6.45, 7) is 3.72. The molecule has 4 heteroatoms. The summed E-state index contributed by atoms with van der Waals surface area (Å²) in [5.41, 5.74) is 2.72. The normalized spacial score (nSPS) is 13.8. The highest BCUT2D eigenvalue weighted by Gasteiger charge is 2.17. The van der Waals surface area contributed by atoms with Gasteiger partial charge in [0.15, 0.2) is 0 Å². The van der Waals surface area contributed by atoms with E-state index in [1.165, 1.54) is 0 Å². The maximum Gasteiger partial charge on any atom is 0.321 e. The van der Waals surface area contributed by atoms with E-state index in [-0.39, 0.29) is 12.6 Å². The number of amides is 2. The van der Waals surface area contributed by atoms with Gasteiger partial charge in [-0.3, -0.25) is 0 Å². The summed E-state index contributed by atoms with van der Waals surface area (Å²) in [6.07, 6.45) is 2.63. The predicted octanol–water partition coefficient (Wildman–Crippen LogP) is 2.36. The number of anilines is 1. The Morgan fingerprint density at radius 2 is 2.15 bits per heavy atom. The van der Waals surface area contributed by atoms with Gasteiger partial charge in [0.2, 0.25) is 0 Å². The summed E-state index contributed by atoms with van der Waals surface area (Å²) in [5.74, 6) is 5.93. The van der Waals surface area contributed by atoms with E-state index in [0.29, 0.717) is 6.42 Å². The molecule has 0 bridgehead atoms. The van der Waals surface area contributed by atoms with Crippen molar-refractivity contribution in [3.63, 3.8) is 0 Å². The molecule has 2 amide bonds. The standard InChI is InChI=1S/C16H20N2O2/c1-13-7-8-15(12-14(13)6-2-5-11-19)17-16(20)18-9-3-4-10-18/h7-8,12,19H,3-5,9-11H2,1H3,(H,17,20). The molecule has 0 aromatic heterocycles. The summed E-state index contributed by atoms with van der Waals surface area (Å²) in [6, 6.07) is 5.68. The lowest BCUT2D eigenvalue weighted by molar-refractivity contribution is 0.222. The number of hydrogen-bond donors (Lipinski definition) is 2. The number of rotatable bonds is 2. The molecule has 4 nitrogen and oxygen atoms in total. The predicted molar refractivity (Wildman–Crippen MR) is 79.6 cm³/mol. The van der Waals surface area contributed by atoms with E-state index in [1.54, 1.807) is 0 Å². The van der Waals surface area contributed by atoms with Crippen LogP contribution in [0.4, 0.5) is 10.5 Å². The quantitative estimate of drug-likeness (QED) is 0.812. The van der Waals surface area contributed by atoms with E-state index in [1.807, 2.05) is 30.0 Å². The molecular weight excluding hydrogens is 252 g/mol. The molecule has 1 heterocycles. The van der Waals surface area contributed by atoms with Gasteiger partial charge >= 0.3 is 6.03 Å². The summed E-state index contributed by atoms with van der Waals surface area (Å²) < 4.78 is 0. The Hall–Kier alpha value is -1.99. The Labute approximate surface area is 119 Å². The second-order valence-corrected chi connectivity index (χ2v) is 4.93. The summed E-state index contributed by atoms with van der Waals surface area (Å²) >= 11 is 0. The van der Waals surface area contributed by atoms with E-state index >= 15 is 0 Å². The third-order valence-corrected chi connectivity index (χ3v) is 3.34. The zero-order valence-corrected chi connectivity index (χ0v) is 11.8. The average molecular weight is 272 g/mol. The fourth-order valence-electron chi connectivity index (χ4n) is 2.17. The first-order chi connectivity index (χ1) is 9.70. The SMILES string of the molecule is Cc1ccc(NC(=O)N2CCCC2)cc1C#CCCO. The van der Waals surface area contributed by atoms with Crippen LogP contribution < -0.4 is 5.32 Å². The molecular formula is C16H20N2O2. The number of hydrogen-bond acceptors (Lipinski definition) is 2. The zero-order valence-electron chi connectivity index (χ0n) is 11.8. The molecule has 0 saturated carbocycles. The Bertz CT molecular complexity index is 537. The van der Waals surface area contributed by atoms with Crippen LogP contribution in [0.15, 0.2) is 18.2 Å². The number of nitrogens with zero attached hydrogens (tertiary/aromatic N) is 1. The van der Waals surface area contributed by atoms with Gasteiger partial charge in [0.05, 0.1) is 6.61 Å². The van der Waals surface area contributed by atoms with Gasteiger partial charge in [0.25, 0.3) is 0 Å². The second-order valence-electron chi connectivity index (χ2n) is 4.93. The minimum Gasteiger partial charge on any atom is -0.395 e. The maximum atomic E-state index is 12.0. The number of benzene rings is 1. The number of nitrogens with one attached hydrogen (secondary N) is 1. The number of carbonyl (C=O) groups excluding carboxylic acids is 1. The summed E-state index contributed by atoms with van der Waals surface area (Å²) in [5, 5.41) is 11.7. The Morgan fingerprint density at radius 3 is 2.85 bits per heavy atom. The highest BCUT2D eigenvalue weighted by Crippen LogP contribution is 2.16. The molecule has 0 aliphatic carbocycles. The number of carbonyl (C=O) groups is 1. The third kappa shape index (κ3) is 3.75. The largest absolute Gasteiger partial charge is 0.395 e. The molecule has 2 N–H and O–H groups in total. The minimum atomic E-state index is -0.0411. The monoisotopic (exact) mass is 272 g/mol. The van der Waals surface area contributed by atoms with E-state index in [9.17, 15) is 4.79 Å². The van der Waals surface area contributed by atoms with Gasteiger partial charge in [-0.05, 0) is 37.5 Å². The van der Waals surface area contributed by atoms with Gasteiger partial charge in [-0.25, -0.2) is 4.79 Å². The first kappa shape index (κ1) is 14.4. The van der Waals surface area contributed by atoms with Crippen LogP contribution >= 0.6 is 0 Å². The zero-order chi connectivity index (χ0) is 14.4. The van der Waals surface area contributed by atoms with Crippen LogP contribution in [0, 0.1) is 18.8 Å². The fourth-order valence-corrected chi connectivity index (χ4v) is 2.17. The molecule has 1 aromatic rings. The number of likely N-dealkylation sites (tertiary alicyclic amines) is 1. The first-order valence-electron chi connectivity index (χ1n) is 6.97. The van der Waals surface area contributed by atoms with Gasteiger partial charge in [0, 0.05) is 30.8 Å². The van der Waals surface area contributed by atoms with Crippen molar-refractivity contribution in [3.05, 3.63) is 29.3 Å². The van der Waals surface area contributed by atoms with Crippen LogP contribution in [0.3, 0.4) is 0 Å². The Balaban J connectivity index is 2.07. The lowest BCUT2D eigenvalue weighted by Crippen LogP contribution is -2.32.